The van der Waals surface area contributed by atoms with Gasteiger partial charge in [-0.15, -0.1) is 0 Å². The first-order valence-corrected chi connectivity index (χ1v) is 7.55. The lowest BCUT2D eigenvalue weighted by atomic mass is 10.1. The number of amides is 1. The summed E-state index contributed by atoms with van der Waals surface area (Å²) in [5, 5.41) is 2.67. The van der Waals surface area contributed by atoms with Crippen molar-refractivity contribution in [2.75, 3.05) is 11.1 Å². The Morgan fingerprint density at radius 2 is 1.79 bits per heavy atom. The molecule has 1 amide bonds. The number of carbonyl (C=O) groups is 1. The van der Waals surface area contributed by atoms with Crippen molar-refractivity contribution in [1.29, 1.82) is 0 Å². The van der Waals surface area contributed by atoms with Crippen LogP contribution in [0.15, 0.2) is 71.5 Å². The number of nitrogen functional groups attached to an aromatic ring is 1. The number of benzene rings is 2. The lowest BCUT2D eigenvalue weighted by molar-refractivity contribution is 0.102. The Labute approximate surface area is 139 Å². The van der Waals surface area contributed by atoms with Crippen LogP contribution in [0.2, 0.25) is 0 Å². The van der Waals surface area contributed by atoms with Crippen LogP contribution in [0.1, 0.15) is 21.6 Å². The second kappa shape index (κ2) is 6.83. The summed E-state index contributed by atoms with van der Waals surface area (Å²) >= 11 is 0. The number of rotatable bonds is 4. The minimum Gasteiger partial charge on any atom is -0.399 e. The number of hydrogen-bond donors (Lipinski definition) is 3. The summed E-state index contributed by atoms with van der Waals surface area (Å²) in [6.07, 6.45) is 0.604. The molecule has 0 saturated heterocycles. The van der Waals surface area contributed by atoms with Gasteiger partial charge in [-0.3, -0.25) is 9.59 Å². The van der Waals surface area contributed by atoms with Crippen LogP contribution in [-0.4, -0.2) is 10.9 Å². The smallest absolute Gasteiger partial charge is 0.261 e. The topological polar surface area (TPSA) is 88.0 Å². The highest BCUT2D eigenvalue weighted by molar-refractivity contribution is 6.04. The number of pyridine rings is 1. The summed E-state index contributed by atoms with van der Waals surface area (Å²) in [6, 6.07) is 19.9. The molecule has 0 aliphatic heterocycles. The Morgan fingerprint density at radius 3 is 2.50 bits per heavy atom. The molecular weight excluding hydrogens is 302 g/mol. The SMILES string of the molecule is Nc1cccc(NC(=O)c2ccc(Cc3ccccc3)[nH]c2=O)c1. The molecule has 5 heteroatoms. The highest BCUT2D eigenvalue weighted by Gasteiger charge is 2.11. The Bertz CT molecular complexity index is 917. The molecule has 0 bridgehead atoms. The predicted octanol–water partition coefficient (Wildman–Crippen LogP) is 2.80. The number of hydrogen-bond acceptors (Lipinski definition) is 3. The minimum atomic E-state index is -0.465. The molecule has 1 aromatic heterocycles. The zero-order valence-electron chi connectivity index (χ0n) is 13.0. The number of H-pyrrole nitrogens is 1. The molecule has 0 saturated carbocycles. The van der Waals surface area contributed by atoms with Gasteiger partial charge < -0.3 is 16.0 Å². The number of anilines is 2. The van der Waals surface area contributed by atoms with Crippen molar-refractivity contribution < 1.29 is 4.79 Å². The number of aromatic amines is 1. The van der Waals surface area contributed by atoms with Crippen molar-refractivity contribution in [3.05, 3.63) is 93.9 Å². The third-order valence-corrected chi connectivity index (χ3v) is 3.60. The van der Waals surface area contributed by atoms with E-state index >= 15 is 0 Å². The predicted molar refractivity (Wildman–Crippen MR) is 95.1 cm³/mol. The average molecular weight is 319 g/mol. The van der Waals surface area contributed by atoms with Crippen LogP contribution < -0.4 is 16.6 Å². The number of nitrogens with two attached hydrogens (primary N) is 1. The molecule has 0 aliphatic rings. The van der Waals surface area contributed by atoms with Crippen LogP contribution in [0.4, 0.5) is 11.4 Å². The van der Waals surface area contributed by atoms with E-state index in [2.05, 4.69) is 10.3 Å². The maximum absolute atomic E-state index is 12.2. The summed E-state index contributed by atoms with van der Waals surface area (Å²) in [7, 11) is 0. The third-order valence-electron chi connectivity index (χ3n) is 3.60. The van der Waals surface area contributed by atoms with E-state index in [0.29, 0.717) is 17.8 Å². The van der Waals surface area contributed by atoms with Crippen molar-refractivity contribution in [1.82, 2.24) is 4.98 Å². The average Bonchev–Trinajstić information content (AvgIpc) is 2.56. The fourth-order valence-corrected chi connectivity index (χ4v) is 2.43. The van der Waals surface area contributed by atoms with Crippen LogP contribution >= 0.6 is 0 Å². The molecule has 1 heterocycles. The van der Waals surface area contributed by atoms with E-state index in [1.807, 2.05) is 30.3 Å². The maximum Gasteiger partial charge on any atom is 0.261 e. The van der Waals surface area contributed by atoms with Crippen LogP contribution in [0.25, 0.3) is 0 Å². The first-order chi connectivity index (χ1) is 11.6. The zero-order valence-corrected chi connectivity index (χ0v) is 13.0. The van der Waals surface area contributed by atoms with Gasteiger partial charge in [0.1, 0.15) is 5.56 Å². The fourth-order valence-electron chi connectivity index (χ4n) is 2.43. The molecule has 0 radical (unpaired) electrons. The number of carbonyl (C=O) groups excluding carboxylic acids is 1. The van der Waals surface area contributed by atoms with Gasteiger partial charge in [0.25, 0.3) is 11.5 Å². The van der Waals surface area contributed by atoms with Gasteiger partial charge in [0.2, 0.25) is 0 Å². The molecule has 2 aromatic carbocycles. The van der Waals surface area contributed by atoms with Gasteiger partial charge in [-0.2, -0.15) is 0 Å². The van der Waals surface area contributed by atoms with Crippen LogP contribution in [-0.2, 0) is 6.42 Å². The van der Waals surface area contributed by atoms with E-state index in [1.54, 1.807) is 36.4 Å². The third kappa shape index (κ3) is 3.70. The molecule has 3 aromatic rings. The zero-order chi connectivity index (χ0) is 16.9. The second-order valence-electron chi connectivity index (χ2n) is 5.47. The molecule has 0 spiro atoms. The molecule has 5 nitrogen and oxygen atoms in total. The number of aromatic nitrogens is 1. The minimum absolute atomic E-state index is 0.0641. The Balaban J connectivity index is 1.77. The Kier molecular flexibility index (Phi) is 4.43. The Morgan fingerprint density at radius 1 is 1.00 bits per heavy atom. The largest absolute Gasteiger partial charge is 0.399 e. The quantitative estimate of drug-likeness (QED) is 0.646. The summed E-state index contributed by atoms with van der Waals surface area (Å²) in [5.41, 5.74) is 8.26. The second-order valence-corrected chi connectivity index (χ2v) is 5.47. The molecule has 0 aliphatic carbocycles. The number of nitrogens with one attached hydrogen (secondary N) is 2. The van der Waals surface area contributed by atoms with E-state index in [-0.39, 0.29) is 5.56 Å². The maximum atomic E-state index is 12.2. The summed E-state index contributed by atoms with van der Waals surface area (Å²) < 4.78 is 0. The van der Waals surface area contributed by atoms with Gasteiger partial charge in [-0.25, -0.2) is 0 Å². The van der Waals surface area contributed by atoms with E-state index < -0.39 is 11.5 Å². The monoisotopic (exact) mass is 319 g/mol. The van der Waals surface area contributed by atoms with Gasteiger partial charge in [-0.1, -0.05) is 36.4 Å². The Hall–Kier alpha value is -3.34. The molecule has 0 unspecified atom stereocenters. The highest BCUT2D eigenvalue weighted by atomic mass is 16.2. The van der Waals surface area contributed by atoms with E-state index in [9.17, 15) is 9.59 Å². The molecule has 0 fully saturated rings. The van der Waals surface area contributed by atoms with Crippen molar-refractivity contribution in [2.24, 2.45) is 0 Å². The standard InChI is InChI=1S/C19H17N3O2/c20-14-7-4-8-15(12-14)21-18(23)17-10-9-16(22-19(17)24)11-13-5-2-1-3-6-13/h1-10,12H,11,20H2,(H,21,23)(H,22,24). The van der Waals surface area contributed by atoms with Crippen LogP contribution in [0, 0.1) is 0 Å². The van der Waals surface area contributed by atoms with E-state index in [4.69, 9.17) is 5.73 Å². The van der Waals surface area contributed by atoms with Crippen molar-refractivity contribution in [2.45, 2.75) is 6.42 Å². The molecule has 0 atom stereocenters. The van der Waals surface area contributed by atoms with Gasteiger partial charge in [0.15, 0.2) is 0 Å². The molecule has 4 N–H and O–H groups in total. The molecule has 24 heavy (non-hydrogen) atoms. The molecular formula is C19H17N3O2. The van der Waals surface area contributed by atoms with Gasteiger partial charge in [0.05, 0.1) is 0 Å². The van der Waals surface area contributed by atoms with Crippen LogP contribution in [0.5, 0.6) is 0 Å². The van der Waals surface area contributed by atoms with Crippen LogP contribution in [0.3, 0.4) is 0 Å². The van der Waals surface area contributed by atoms with E-state index in [0.717, 1.165) is 11.3 Å². The fraction of sp³-hybridized carbons (Fsp3) is 0.0526. The first-order valence-electron chi connectivity index (χ1n) is 7.55. The highest BCUT2D eigenvalue weighted by Crippen LogP contribution is 2.13. The molecule has 3 rings (SSSR count). The van der Waals surface area contributed by atoms with E-state index in [1.165, 1.54) is 0 Å². The lowest BCUT2D eigenvalue weighted by Gasteiger charge is -2.07. The molecule has 120 valence electrons. The van der Waals surface area contributed by atoms with Crippen molar-refractivity contribution in [3.63, 3.8) is 0 Å². The van der Waals surface area contributed by atoms with Gasteiger partial charge in [0, 0.05) is 23.5 Å². The van der Waals surface area contributed by atoms with Crippen molar-refractivity contribution in [3.8, 4) is 0 Å². The van der Waals surface area contributed by atoms with Gasteiger partial charge >= 0.3 is 0 Å². The van der Waals surface area contributed by atoms with Crippen molar-refractivity contribution >= 4 is 17.3 Å². The summed E-state index contributed by atoms with van der Waals surface area (Å²) in [6.45, 7) is 0. The summed E-state index contributed by atoms with van der Waals surface area (Å²) in [5.74, 6) is -0.465. The van der Waals surface area contributed by atoms with Gasteiger partial charge in [-0.05, 0) is 35.9 Å². The first kappa shape index (κ1) is 15.6. The normalized spacial score (nSPS) is 10.3. The lowest BCUT2D eigenvalue weighted by Crippen LogP contribution is -2.23. The summed E-state index contributed by atoms with van der Waals surface area (Å²) in [4.78, 5) is 27.2.